The SMILES string of the molecule is C1=CC(c2nc(-c3ccccc3)cc(-c3ccc(-c4cccc(-c5cc6c(oc7cccc(-c8cccc9ccccc89)c76)c6ccccc56)c4)cc3)n2)=CC1. The van der Waals surface area contributed by atoms with Crippen molar-refractivity contribution < 1.29 is 4.42 Å². The Morgan fingerprint density at radius 2 is 1.07 bits per heavy atom. The van der Waals surface area contributed by atoms with Gasteiger partial charge in [0.1, 0.15) is 11.2 Å². The maximum atomic E-state index is 6.72. The van der Waals surface area contributed by atoms with Crippen LogP contribution < -0.4 is 0 Å². The van der Waals surface area contributed by atoms with Crippen LogP contribution >= 0.6 is 0 Å². The van der Waals surface area contributed by atoms with Crippen LogP contribution in [0, 0.1) is 0 Å². The fourth-order valence-electron chi connectivity index (χ4n) is 8.38. The van der Waals surface area contributed by atoms with Gasteiger partial charge in [0.05, 0.1) is 11.4 Å². The molecule has 0 aliphatic heterocycles. The molecule has 3 nitrogen and oxygen atoms in total. The largest absolute Gasteiger partial charge is 0.455 e. The molecule has 10 aromatic rings. The molecule has 0 spiro atoms. The van der Waals surface area contributed by atoms with E-state index < -0.39 is 0 Å². The van der Waals surface area contributed by atoms with Crippen molar-refractivity contribution in [2.45, 2.75) is 6.42 Å². The van der Waals surface area contributed by atoms with Gasteiger partial charge in [0.15, 0.2) is 5.82 Å². The Morgan fingerprint density at radius 1 is 0.429 bits per heavy atom. The molecule has 8 aromatic carbocycles. The number of fused-ring (bicyclic) bond motifs is 6. The van der Waals surface area contributed by atoms with Crippen molar-refractivity contribution in [3.8, 4) is 55.9 Å². The van der Waals surface area contributed by atoms with E-state index in [1.807, 2.05) is 6.07 Å². The van der Waals surface area contributed by atoms with Gasteiger partial charge in [-0.15, -0.1) is 0 Å². The van der Waals surface area contributed by atoms with Crippen LogP contribution in [0.1, 0.15) is 12.2 Å². The average Bonchev–Trinajstić information content (AvgIpc) is 3.96. The summed E-state index contributed by atoms with van der Waals surface area (Å²) < 4.78 is 6.72. The first-order valence-corrected chi connectivity index (χ1v) is 19.1. The lowest BCUT2D eigenvalue weighted by Gasteiger charge is -2.12. The van der Waals surface area contributed by atoms with Gasteiger partial charge in [0.25, 0.3) is 0 Å². The Labute approximate surface area is 324 Å². The van der Waals surface area contributed by atoms with Gasteiger partial charge in [-0.05, 0) is 80.2 Å². The summed E-state index contributed by atoms with van der Waals surface area (Å²) in [5.74, 6) is 0.755. The Bertz CT molecular complexity index is 3200. The van der Waals surface area contributed by atoms with E-state index in [2.05, 4.69) is 188 Å². The zero-order chi connectivity index (χ0) is 37.0. The summed E-state index contributed by atoms with van der Waals surface area (Å²) in [6, 6.07) is 62.6. The lowest BCUT2D eigenvalue weighted by Crippen LogP contribution is -1.98. The van der Waals surface area contributed by atoms with E-state index in [4.69, 9.17) is 14.4 Å². The fourth-order valence-corrected chi connectivity index (χ4v) is 8.38. The van der Waals surface area contributed by atoms with Crippen LogP contribution in [0.3, 0.4) is 0 Å². The smallest absolute Gasteiger partial charge is 0.160 e. The molecule has 0 fully saturated rings. The summed E-state index contributed by atoms with van der Waals surface area (Å²) in [5, 5.41) is 6.99. The molecule has 56 heavy (non-hydrogen) atoms. The van der Waals surface area contributed by atoms with E-state index in [0.717, 1.165) is 84.3 Å². The molecule has 0 saturated carbocycles. The first-order valence-electron chi connectivity index (χ1n) is 19.1. The van der Waals surface area contributed by atoms with Crippen molar-refractivity contribution in [3.05, 3.63) is 200 Å². The minimum absolute atomic E-state index is 0.755. The zero-order valence-electron chi connectivity index (χ0n) is 30.5. The first kappa shape index (κ1) is 32.1. The lowest BCUT2D eigenvalue weighted by molar-refractivity contribution is 0.673. The predicted octanol–water partition coefficient (Wildman–Crippen LogP) is 14.4. The topological polar surface area (TPSA) is 38.9 Å². The molecule has 2 aromatic heterocycles. The Kier molecular flexibility index (Phi) is 7.56. The quantitative estimate of drug-likeness (QED) is 0.172. The fraction of sp³-hybridized carbons (Fsp3) is 0.0189. The number of rotatable bonds is 6. The summed E-state index contributed by atoms with van der Waals surface area (Å²) in [5.41, 5.74) is 13.9. The molecule has 0 unspecified atom stereocenters. The maximum Gasteiger partial charge on any atom is 0.160 e. The number of hydrogen-bond donors (Lipinski definition) is 0. The van der Waals surface area contributed by atoms with Crippen LogP contribution in [0.5, 0.6) is 0 Å². The van der Waals surface area contributed by atoms with Gasteiger partial charge in [-0.25, -0.2) is 9.97 Å². The van der Waals surface area contributed by atoms with Gasteiger partial charge in [0.2, 0.25) is 0 Å². The molecule has 0 saturated heterocycles. The summed E-state index contributed by atoms with van der Waals surface area (Å²) in [6.45, 7) is 0. The second-order valence-electron chi connectivity index (χ2n) is 14.4. The highest BCUT2D eigenvalue weighted by Crippen LogP contribution is 2.44. The Hall–Kier alpha value is -7.36. The van der Waals surface area contributed by atoms with E-state index in [1.165, 1.54) is 32.8 Å². The third-order valence-corrected chi connectivity index (χ3v) is 11.1. The minimum atomic E-state index is 0.755. The second kappa shape index (κ2) is 13.2. The molecule has 0 N–H and O–H groups in total. The third-order valence-electron chi connectivity index (χ3n) is 11.1. The van der Waals surface area contributed by atoms with E-state index in [0.29, 0.717) is 0 Å². The first-order chi connectivity index (χ1) is 27.7. The molecule has 0 radical (unpaired) electrons. The minimum Gasteiger partial charge on any atom is -0.455 e. The van der Waals surface area contributed by atoms with E-state index in [-0.39, 0.29) is 0 Å². The van der Waals surface area contributed by atoms with Crippen molar-refractivity contribution in [1.82, 2.24) is 9.97 Å². The van der Waals surface area contributed by atoms with Crippen LogP contribution in [-0.4, -0.2) is 9.97 Å². The van der Waals surface area contributed by atoms with Gasteiger partial charge < -0.3 is 4.42 Å². The van der Waals surface area contributed by atoms with Crippen molar-refractivity contribution in [3.63, 3.8) is 0 Å². The van der Waals surface area contributed by atoms with Crippen LogP contribution in [0.2, 0.25) is 0 Å². The molecular formula is C53H34N2O. The van der Waals surface area contributed by atoms with Crippen LogP contribution in [-0.2, 0) is 0 Å². The van der Waals surface area contributed by atoms with Crippen molar-refractivity contribution in [2.75, 3.05) is 0 Å². The molecule has 1 aliphatic carbocycles. The second-order valence-corrected chi connectivity index (χ2v) is 14.4. The number of nitrogens with zero attached hydrogens (tertiary/aromatic N) is 2. The van der Waals surface area contributed by atoms with Crippen molar-refractivity contribution in [1.29, 1.82) is 0 Å². The Balaban J connectivity index is 1.02. The molecule has 0 atom stereocenters. The summed E-state index contributed by atoms with van der Waals surface area (Å²) in [4.78, 5) is 10.0. The molecule has 0 amide bonds. The molecule has 3 heteroatoms. The number of furan rings is 1. The number of allylic oxidation sites excluding steroid dienone is 4. The Morgan fingerprint density at radius 3 is 1.89 bits per heavy atom. The zero-order valence-corrected chi connectivity index (χ0v) is 30.5. The standard InChI is InChI=1S/C53H34N2O/c1-2-14-36(15-3-1)48-33-49(55-53(54-48)38-16-4-5-17-38)37-29-27-34(28-30-37)39-19-10-20-40(31-39)46-32-47-51-44(42-24-11-18-35-13-6-7-21-41(35)42)25-12-26-50(51)56-52(47)45-23-9-8-22-43(45)46/h1-4,6-33H,5H2. The normalized spacial score (nSPS) is 12.6. The molecule has 262 valence electrons. The molecule has 1 aliphatic rings. The van der Waals surface area contributed by atoms with Crippen molar-refractivity contribution in [2.24, 2.45) is 0 Å². The molecule has 11 rings (SSSR count). The van der Waals surface area contributed by atoms with E-state index in [9.17, 15) is 0 Å². The predicted molar refractivity (Wildman–Crippen MR) is 233 cm³/mol. The third kappa shape index (κ3) is 5.44. The van der Waals surface area contributed by atoms with Crippen LogP contribution in [0.4, 0.5) is 0 Å². The van der Waals surface area contributed by atoms with Gasteiger partial charge in [0, 0.05) is 32.9 Å². The van der Waals surface area contributed by atoms with Crippen molar-refractivity contribution >= 4 is 49.1 Å². The number of aromatic nitrogens is 2. The van der Waals surface area contributed by atoms with Crippen LogP contribution in [0.25, 0.3) is 105 Å². The average molecular weight is 715 g/mol. The molecule has 2 heterocycles. The van der Waals surface area contributed by atoms with Crippen LogP contribution in [0.15, 0.2) is 199 Å². The lowest BCUT2D eigenvalue weighted by atomic mass is 9.91. The summed E-state index contributed by atoms with van der Waals surface area (Å²) in [7, 11) is 0. The number of benzene rings is 8. The highest BCUT2D eigenvalue weighted by molar-refractivity contribution is 6.23. The van der Waals surface area contributed by atoms with Gasteiger partial charge in [-0.2, -0.15) is 0 Å². The molecular weight excluding hydrogens is 681 g/mol. The highest BCUT2D eigenvalue weighted by Gasteiger charge is 2.19. The summed E-state index contributed by atoms with van der Waals surface area (Å²) in [6.07, 6.45) is 7.36. The monoisotopic (exact) mass is 714 g/mol. The highest BCUT2D eigenvalue weighted by atomic mass is 16.3. The maximum absolute atomic E-state index is 6.72. The molecule has 0 bridgehead atoms. The van der Waals surface area contributed by atoms with Gasteiger partial charge >= 0.3 is 0 Å². The summed E-state index contributed by atoms with van der Waals surface area (Å²) >= 11 is 0. The van der Waals surface area contributed by atoms with E-state index >= 15 is 0 Å². The number of hydrogen-bond acceptors (Lipinski definition) is 3. The van der Waals surface area contributed by atoms with Gasteiger partial charge in [-0.3, -0.25) is 0 Å². The van der Waals surface area contributed by atoms with Gasteiger partial charge in [-0.1, -0.05) is 170 Å². The van der Waals surface area contributed by atoms with E-state index in [1.54, 1.807) is 0 Å².